The van der Waals surface area contributed by atoms with Gasteiger partial charge in [0.1, 0.15) is 12.4 Å². The Morgan fingerprint density at radius 1 is 0.921 bits per heavy atom. The number of para-hydroxylation sites is 1. The molecular weight excluding hydrogens is 505 g/mol. The van der Waals surface area contributed by atoms with Crippen molar-refractivity contribution in [3.05, 3.63) is 101 Å². The number of ether oxygens (including phenoxy) is 2. The Labute approximate surface area is 223 Å². The third-order valence-electron chi connectivity index (χ3n) is 6.05. The SMILES string of the molecule is CCOC(=O)[C@H](C)OP(=O)(Cc1ccc2c(c1)CCN(C(=O)OCc1ccccc1)C2)Oc1ccccc1. The smallest absolute Gasteiger partial charge is 0.410 e. The minimum absolute atomic E-state index is 0.0260. The lowest BCUT2D eigenvalue weighted by atomic mass is 9.98. The zero-order valence-electron chi connectivity index (χ0n) is 21.6. The first-order valence-corrected chi connectivity index (χ1v) is 14.3. The highest BCUT2D eigenvalue weighted by atomic mass is 31.2. The number of hydrogen-bond acceptors (Lipinski definition) is 7. The topological polar surface area (TPSA) is 91.4 Å². The van der Waals surface area contributed by atoms with Gasteiger partial charge in [-0.25, -0.2) is 14.2 Å². The Bertz CT molecular complexity index is 1280. The van der Waals surface area contributed by atoms with E-state index in [0.29, 0.717) is 25.3 Å². The Morgan fingerprint density at radius 2 is 1.63 bits per heavy atom. The molecule has 1 aliphatic rings. The van der Waals surface area contributed by atoms with Gasteiger partial charge in [0.05, 0.1) is 12.8 Å². The molecule has 0 N–H and O–H groups in total. The second-order valence-corrected chi connectivity index (χ2v) is 10.9. The molecule has 3 aromatic rings. The van der Waals surface area contributed by atoms with Gasteiger partial charge < -0.3 is 18.9 Å². The van der Waals surface area contributed by atoms with Crippen LogP contribution in [-0.2, 0) is 49.1 Å². The minimum Gasteiger partial charge on any atom is -0.464 e. The van der Waals surface area contributed by atoms with Crippen LogP contribution in [0.5, 0.6) is 5.75 Å². The largest absolute Gasteiger partial charge is 0.464 e. The molecule has 1 aliphatic heterocycles. The molecule has 1 unspecified atom stereocenters. The fourth-order valence-corrected chi connectivity index (χ4v) is 6.01. The number of hydrogen-bond donors (Lipinski definition) is 0. The number of rotatable bonds is 10. The summed E-state index contributed by atoms with van der Waals surface area (Å²) in [6.45, 7) is 4.55. The van der Waals surface area contributed by atoms with Crippen LogP contribution in [0.3, 0.4) is 0 Å². The van der Waals surface area contributed by atoms with Crippen molar-refractivity contribution in [1.29, 1.82) is 0 Å². The van der Waals surface area contributed by atoms with Crippen LogP contribution in [-0.4, -0.2) is 36.2 Å². The highest BCUT2D eigenvalue weighted by Crippen LogP contribution is 2.52. The van der Waals surface area contributed by atoms with E-state index in [0.717, 1.165) is 22.3 Å². The summed E-state index contributed by atoms with van der Waals surface area (Å²) in [7, 11) is -3.78. The lowest BCUT2D eigenvalue weighted by Crippen LogP contribution is -2.36. The molecule has 0 radical (unpaired) electrons. The van der Waals surface area contributed by atoms with Crippen LogP contribution >= 0.6 is 7.60 Å². The zero-order chi connectivity index (χ0) is 27.0. The number of fused-ring (bicyclic) bond motifs is 1. The van der Waals surface area contributed by atoms with Crippen LogP contribution in [0.4, 0.5) is 4.79 Å². The highest BCUT2D eigenvalue weighted by molar-refractivity contribution is 7.53. The van der Waals surface area contributed by atoms with Crippen LogP contribution in [0.15, 0.2) is 78.9 Å². The maximum atomic E-state index is 13.8. The standard InChI is InChI=1S/C29H32NO7P/c1-3-34-28(31)22(2)36-38(33,37-27-12-8-5-9-13-27)21-24-14-15-26-19-30(17-16-25(26)18-24)29(32)35-20-23-10-6-4-7-11-23/h4-15,18,22H,3,16-17,19-21H2,1-2H3/t22-,38?/m0/s1. The van der Waals surface area contributed by atoms with E-state index < -0.39 is 19.7 Å². The number of nitrogens with zero attached hydrogens (tertiary/aromatic N) is 1. The maximum absolute atomic E-state index is 13.8. The molecular formula is C29H32NO7P. The fourth-order valence-electron chi connectivity index (χ4n) is 4.17. The first-order chi connectivity index (χ1) is 18.3. The summed E-state index contributed by atoms with van der Waals surface area (Å²) < 4.78 is 35.9. The average Bonchev–Trinajstić information content (AvgIpc) is 2.92. The molecule has 0 aliphatic carbocycles. The fraction of sp³-hybridized carbons (Fsp3) is 0.310. The average molecular weight is 538 g/mol. The molecule has 8 nitrogen and oxygen atoms in total. The molecule has 0 bridgehead atoms. The van der Waals surface area contributed by atoms with Gasteiger partial charge in [0.25, 0.3) is 0 Å². The zero-order valence-corrected chi connectivity index (χ0v) is 22.5. The summed E-state index contributed by atoms with van der Waals surface area (Å²) in [4.78, 5) is 26.5. The van der Waals surface area contributed by atoms with E-state index in [2.05, 4.69) is 0 Å². The van der Waals surface area contributed by atoms with E-state index in [1.165, 1.54) is 6.92 Å². The normalized spacial score (nSPS) is 15.1. The van der Waals surface area contributed by atoms with Crippen molar-refractivity contribution in [3.63, 3.8) is 0 Å². The molecule has 4 rings (SSSR count). The van der Waals surface area contributed by atoms with Crippen LogP contribution in [0.25, 0.3) is 0 Å². The van der Waals surface area contributed by atoms with Gasteiger partial charge in [-0.2, -0.15) is 0 Å². The summed E-state index contributed by atoms with van der Waals surface area (Å²) in [5, 5.41) is 0. The molecule has 9 heteroatoms. The maximum Gasteiger partial charge on any atom is 0.410 e. The van der Waals surface area contributed by atoms with Crippen molar-refractivity contribution in [2.24, 2.45) is 0 Å². The van der Waals surface area contributed by atoms with Gasteiger partial charge in [0, 0.05) is 13.1 Å². The van der Waals surface area contributed by atoms with E-state index in [4.69, 9.17) is 18.5 Å². The number of benzene rings is 3. The van der Waals surface area contributed by atoms with E-state index in [1.807, 2.05) is 54.6 Å². The van der Waals surface area contributed by atoms with Gasteiger partial charge in [-0.15, -0.1) is 0 Å². The summed E-state index contributed by atoms with van der Waals surface area (Å²) in [5.74, 6) is -0.219. The first-order valence-electron chi connectivity index (χ1n) is 12.6. The minimum atomic E-state index is -3.78. The van der Waals surface area contributed by atoms with Crippen molar-refractivity contribution in [3.8, 4) is 5.75 Å². The van der Waals surface area contributed by atoms with Gasteiger partial charge >= 0.3 is 19.7 Å². The van der Waals surface area contributed by atoms with Gasteiger partial charge in [-0.1, -0.05) is 66.7 Å². The predicted molar refractivity (Wildman–Crippen MR) is 143 cm³/mol. The number of esters is 1. The molecule has 38 heavy (non-hydrogen) atoms. The summed E-state index contributed by atoms with van der Waals surface area (Å²) >= 11 is 0. The van der Waals surface area contributed by atoms with E-state index >= 15 is 0 Å². The van der Waals surface area contributed by atoms with Crippen molar-refractivity contribution < 1.29 is 32.7 Å². The van der Waals surface area contributed by atoms with Crippen LogP contribution in [0.2, 0.25) is 0 Å². The molecule has 1 heterocycles. The Balaban J connectivity index is 1.44. The van der Waals surface area contributed by atoms with Crippen molar-refractivity contribution in [2.45, 2.75) is 45.7 Å². The lowest BCUT2D eigenvalue weighted by molar-refractivity contribution is -0.150. The second kappa shape index (κ2) is 12.8. The highest BCUT2D eigenvalue weighted by Gasteiger charge is 2.33. The summed E-state index contributed by atoms with van der Waals surface area (Å²) in [6.07, 6.45) is -0.807. The van der Waals surface area contributed by atoms with Gasteiger partial charge in [-0.3, -0.25) is 4.52 Å². The monoisotopic (exact) mass is 537 g/mol. The van der Waals surface area contributed by atoms with Crippen molar-refractivity contribution in [1.82, 2.24) is 4.90 Å². The quantitative estimate of drug-likeness (QED) is 0.227. The van der Waals surface area contributed by atoms with E-state index in [9.17, 15) is 14.2 Å². The van der Waals surface area contributed by atoms with Gasteiger partial charge in [-0.05, 0) is 54.7 Å². The van der Waals surface area contributed by atoms with Gasteiger partial charge in [0.2, 0.25) is 0 Å². The molecule has 0 aromatic heterocycles. The molecule has 200 valence electrons. The van der Waals surface area contributed by atoms with Crippen LogP contribution < -0.4 is 4.52 Å². The van der Waals surface area contributed by atoms with E-state index in [1.54, 1.807) is 36.1 Å². The second-order valence-electron chi connectivity index (χ2n) is 8.99. The van der Waals surface area contributed by atoms with Crippen LogP contribution in [0, 0.1) is 0 Å². The Hall–Kier alpha value is -3.61. The van der Waals surface area contributed by atoms with Crippen LogP contribution in [0.1, 0.15) is 36.1 Å². The third-order valence-corrected chi connectivity index (χ3v) is 7.93. The third kappa shape index (κ3) is 7.46. The first kappa shape index (κ1) is 27.4. The molecule has 1 amide bonds. The number of carbonyl (C=O) groups excluding carboxylic acids is 2. The van der Waals surface area contributed by atoms with Crippen molar-refractivity contribution in [2.75, 3.05) is 13.2 Å². The molecule has 0 saturated carbocycles. The van der Waals surface area contributed by atoms with Gasteiger partial charge in [0.15, 0.2) is 6.10 Å². The Morgan fingerprint density at radius 3 is 2.34 bits per heavy atom. The molecule has 0 fully saturated rings. The molecule has 0 spiro atoms. The lowest BCUT2D eigenvalue weighted by Gasteiger charge is -2.29. The van der Waals surface area contributed by atoms with E-state index in [-0.39, 0.29) is 25.5 Å². The number of carbonyl (C=O) groups is 2. The molecule has 3 aromatic carbocycles. The predicted octanol–water partition coefficient (Wildman–Crippen LogP) is 6.12. The molecule has 0 saturated heterocycles. The summed E-state index contributed by atoms with van der Waals surface area (Å²) in [6, 6.07) is 24.0. The van der Waals surface area contributed by atoms with Crippen molar-refractivity contribution >= 4 is 19.7 Å². The number of amides is 1. The summed E-state index contributed by atoms with van der Waals surface area (Å²) in [5.41, 5.74) is 3.74. The Kier molecular flexibility index (Phi) is 9.21. The molecule has 2 atom stereocenters.